The highest BCUT2D eigenvalue weighted by atomic mass is 35.5. The first kappa shape index (κ1) is 25.4. The van der Waals surface area contributed by atoms with Crippen LogP contribution in [-0.2, 0) is 12.4 Å². The average Bonchev–Trinajstić information content (AvgIpc) is 2.72. The minimum atomic E-state index is -5.01. The summed E-state index contributed by atoms with van der Waals surface area (Å²) in [6.45, 7) is 0. The van der Waals surface area contributed by atoms with Crippen molar-refractivity contribution >= 4 is 34.8 Å². The number of anilines is 1. The summed E-state index contributed by atoms with van der Waals surface area (Å²) in [4.78, 5) is 16.6. The van der Waals surface area contributed by atoms with Crippen LogP contribution in [0.4, 0.5) is 32.0 Å². The highest BCUT2D eigenvalue weighted by Crippen LogP contribution is 2.37. The second-order valence-electron chi connectivity index (χ2n) is 7.81. The highest BCUT2D eigenvalue weighted by molar-refractivity contribution is 6.36. The molecule has 1 aromatic heterocycles. The third-order valence-electron chi connectivity index (χ3n) is 5.55. The lowest BCUT2D eigenvalue weighted by molar-refractivity contribution is -0.150. The maximum absolute atomic E-state index is 13.1. The molecule has 0 bridgehead atoms. The molecule has 0 aliphatic heterocycles. The van der Waals surface area contributed by atoms with Crippen molar-refractivity contribution in [2.45, 2.75) is 50.1 Å². The van der Waals surface area contributed by atoms with Gasteiger partial charge in [-0.3, -0.25) is 4.79 Å². The largest absolute Gasteiger partial charge is 0.433 e. The highest BCUT2D eigenvalue weighted by Gasteiger charge is 2.39. The molecular formula is C21H19Cl2F6N3O. The molecular weight excluding hydrogens is 495 g/mol. The van der Waals surface area contributed by atoms with Crippen LogP contribution >= 0.6 is 23.2 Å². The maximum atomic E-state index is 13.1. The van der Waals surface area contributed by atoms with Crippen LogP contribution in [0.1, 0.15) is 47.4 Å². The molecule has 1 fully saturated rings. The first-order valence-corrected chi connectivity index (χ1v) is 10.7. The molecule has 1 aliphatic carbocycles. The molecule has 1 aliphatic rings. The summed E-state index contributed by atoms with van der Waals surface area (Å²) in [5.41, 5.74) is -3.15. The molecule has 1 N–H and O–H groups in total. The predicted molar refractivity (Wildman–Crippen MR) is 113 cm³/mol. The number of nitrogens with zero attached hydrogens (tertiary/aromatic N) is 2. The molecule has 1 amide bonds. The molecule has 0 unspecified atom stereocenters. The van der Waals surface area contributed by atoms with Crippen LogP contribution in [-0.4, -0.2) is 30.0 Å². The predicted octanol–water partition coefficient (Wildman–Crippen LogP) is 6.60. The lowest BCUT2D eigenvalue weighted by Crippen LogP contribution is -2.43. The van der Waals surface area contributed by atoms with Crippen LogP contribution in [0.15, 0.2) is 30.3 Å². The van der Waals surface area contributed by atoms with Gasteiger partial charge in [-0.05, 0) is 56.0 Å². The Hall–Kier alpha value is -2.20. The van der Waals surface area contributed by atoms with Gasteiger partial charge in [0.15, 0.2) is 0 Å². The Labute approximate surface area is 195 Å². The summed E-state index contributed by atoms with van der Waals surface area (Å²) in [6, 6.07) is 5.21. The van der Waals surface area contributed by atoms with Crippen molar-refractivity contribution in [3.05, 3.63) is 57.3 Å². The number of hydrogen-bond donors (Lipinski definition) is 1. The van der Waals surface area contributed by atoms with Gasteiger partial charge in [-0.1, -0.05) is 23.2 Å². The van der Waals surface area contributed by atoms with E-state index in [4.69, 9.17) is 23.2 Å². The van der Waals surface area contributed by atoms with Gasteiger partial charge in [-0.2, -0.15) is 26.3 Å². The molecule has 0 atom stereocenters. The number of carbonyl (C=O) groups excluding carboxylic acids is 1. The van der Waals surface area contributed by atoms with Crippen molar-refractivity contribution in [3.8, 4) is 0 Å². The second-order valence-corrected chi connectivity index (χ2v) is 8.65. The monoisotopic (exact) mass is 513 g/mol. The number of pyridine rings is 1. The van der Waals surface area contributed by atoms with Crippen LogP contribution < -0.4 is 10.2 Å². The number of nitrogens with one attached hydrogen (secondary N) is 1. The van der Waals surface area contributed by atoms with Gasteiger partial charge in [0.05, 0.1) is 10.6 Å². The van der Waals surface area contributed by atoms with E-state index in [9.17, 15) is 31.1 Å². The zero-order chi connectivity index (χ0) is 24.6. The van der Waals surface area contributed by atoms with E-state index in [1.807, 2.05) is 0 Å². The van der Waals surface area contributed by atoms with Crippen molar-refractivity contribution in [3.63, 3.8) is 0 Å². The van der Waals surface area contributed by atoms with Gasteiger partial charge in [0.1, 0.15) is 11.4 Å². The third-order valence-corrected chi connectivity index (χ3v) is 6.10. The van der Waals surface area contributed by atoms with Gasteiger partial charge in [-0.25, -0.2) is 4.98 Å². The van der Waals surface area contributed by atoms with E-state index >= 15 is 0 Å². The van der Waals surface area contributed by atoms with Crippen LogP contribution in [0, 0.1) is 0 Å². The zero-order valence-corrected chi connectivity index (χ0v) is 18.7. The minimum absolute atomic E-state index is 0.201. The number of rotatable bonds is 4. The fraction of sp³-hybridized carbons (Fsp3) is 0.429. The van der Waals surface area contributed by atoms with Crippen LogP contribution in [0.2, 0.25) is 10.0 Å². The molecule has 0 radical (unpaired) electrons. The molecule has 4 nitrogen and oxygen atoms in total. The van der Waals surface area contributed by atoms with Gasteiger partial charge >= 0.3 is 12.4 Å². The molecule has 3 rings (SSSR count). The Morgan fingerprint density at radius 3 is 2.00 bits per heavy atom. The van der Waals surface area contributed by atoms with E-state index in [1.54, 1.807) is 0 Å². The Balaban J connectivity index is 1.69. The average molecular weight is 514 g/mol. The summed E-state index contributed by atoms with van der Waals surface area (Å²) in [6.07, 6.45) is -8.12. The van der Waals surface area contributed by atoms with Crippen LogP contribution in [0.5, 0.6) is 0 Å². The Bertz CT molecular complexity index is 988. The number of halogens is 8. The Morgan fingerprint density at radius 1 is 0.970 bits per heavy atom. The van der Waals surface area contributed by atoms with Gasteiger partial charge in [0.25, 0.3) is 5.91 Å². The van der Waals surface area contributed by atoms with E-state index in [0.717, 1.165) is 0 Å². The Kier molecular flexibility index (Phi) is 7.38. The number of carbonyl (C=O) groups is 1. The summed E-state index contributed by atoms with van der Waals surface area (Å²) < 4.78 is 78.6. The first-order valence-electron chi connectivity index (χ1n) is 9.91. The molecule has 12 heteroatoms. The van der Waals surface area contributed by atoms with E-state index in [-0.39, 0.29) is 34.3 Å². The zero-order valence-electron chi connectivity index (χ0n) is 17.2. The summed E-state index contributed by atoms with van der Waals surface area (Å²) in [7, 11) is 1.45. The van der Waals surface area contributed by atoms with Gasteiger partial charge < -0.3 is 10.2 Å². The number of amides is 1. The lowest BCUT2D eigenvalue weighted by atomic mass is 9.90. The SMILES string of the molecule is CN(c1cc(C(F)(F)F)nc(C(F)(F)F)c1)C1CCC(NC(=O)c2ccc(Cl)cc2Cl)CC1. The second kappa shape index (κ2) is 9.58. The quantitative estimate of drug-likeness (QED) is 0.468. The fourth-order valence-corrected chi connectivity index (χ4v) is 4.26. The normalized spacial score (nSPS) is 19.3. The molecule has 180 valence electrons. The number of benzene rings is 1. The standard InChI is InChI=1S/C21H19Cl2F6N3O/c1-32(14-9-17(20(24,25)26)31-18(10-14)21(27,28)29)13-5-3-12(4-6-13)30-19(33)15-7-2-11(22)8-16(15)23/h2,7-10,12-13H,3-6H2,1H3,(H,30,33). The molecule has 1 heterocycles. The molecule has 0 saturated heterocycles. The smallest absolute Gasteiger partial charge is 0.371 e. The van der Waals surface area contributed by atoms with Crippen molar-refractivity contribution in [2.75, 3.05) is 11.9 Å². The fourth-order valence-electron chi connectivity index (χ4n) is 3.77. The van der Waals surface area contributed by atoms with Crippen molar-refractivity contribution in [1.29, 1.82) is 0 Å². The minimum Gasteiger partial charge on any atom is -0.371 e. The van der Waals surface area contributed by atoms with E-state index < -0.39 is 23.7 Å². The van der Waals surface area contributed by atoms with E-state index in [0.29, 0.717) is 42.8 Å². The van der Waals surface area contributed by atoms with E-state index in [2.05, 4.69) is 10.3 Å². The topological polar surface area (TPSA) is 45.2 Å². The molecule has 1 saturated carbocycles. The number of alkyl halides is 6. The van der Waals surface area contributed by atoms with Crippen molar-refractivity contribution in [2.24, 2.45) is 0 Å². The summed E-state index contributed by atoms with van der Waals surface area (Å²) in [5.74, 6) is -0.382. The molecule has 33 heavy (non-hydrogen) atoms. The summed E-state index contributed by atoms with van der Waals surface area (Å²) in [5, 5.41) is 3.45. The van der Waals surface area contributed by atoms with Crippen molar-refractivity contribution < 1.29 is 31.1 Å². The van der Waals surface area contributed by atoms with Crippen LogP contribution in [0.25, 0.3) is 0 Å². The van der Waals surface area contributed by atoms with Gasteiger partial charge in [0.2, 0.25) is 0 Å². The molecule has 2 aromatic rings. The molecule has 0 spiro atoms. The third kappa shape index (κ3) is 6.23. The van der Waals surface area contributed by atoms with Crippen molar-refractivity contribution in [1.82, 2.24) is 10.3 Å². The first-order chi connectivity index (χ1) is 15.3. The van der Waals surface area contributed by atoms with E-state index in [1.165, 1.54) is 30.1 Å². The summed E-state index contributed by atoms with van der Waals surface area (Å²) >= 11 is 11.9. The molecule has 1 aromatic carbocycles. The Morgan fingerprint density at radius 2 is 1.52 bits per heavy atom. The van der Waals surface area contributed by atoms with Crippen LogP contribution in [0.3, 0.4) is 0 Å². The number of hydrogen-bond acceptors (Lipinski definition) is 3. The van der Waals surface area contributed by atoms with Gasteiger partial charge in [-0.15, -0.1) is 0 Å². The van der Waals surface area contributed by atoms with Gasteiger partial charge in [0, 0.05) is 29.8 Å². The number of aromatic nitrogens is 1. The lowest BCUT2D eigenvalue weighted by Gasteiger charge is -2.36. The maximum Gasteiger partial charge on any atom is 0.433 e.